The Hall–Kier alpha value is -2.93. The highest BCUT2D eigenvalue weighted by Gasteiger charge is 2.24. The maximum Gasteiger partial charge on any atom is 0.339 e. The van der Waals surface area contributed by atoms with Crippen molar-refractivity contribution in [1.29, 1.82) is 0 Å². The molecule has 2 N–H and O–H groups in total. The molecule has 30 heavy (non-hydrogen) atoms. The van der Waals surface area contributed by atoms with E-state index in [0.717, 1.165) is 12.0 Å². The van der Waals surface area contributed by atoms with Gasteiger partial charge in [0.15, 0.2) is 5.78 Å². The van der Waals surface area contributed by atoms with E-state index in [4.69, 9.17) is 4.74 Å². The van der Waals surface area contributed by atoms with Crippen LogP contribution in [0.2, 0.25) is 0 Å². The predicted molar refractivity (Wildman–Crippen MR) is 116 cm³/mol. The minimum absolute atomic E-state index is 0.0121. The Kier molecular flexibility index (Phi) is 7.94. The number of benzene rings is 1. The summed E-state index contributed by atoms with van der Waals surface area (Å²) in [4.78, 5) is 41.6. The number of carbonyl (C=O) groups excluding carboxylic acids is 3. The molecule has 0 spiro atoms. The zero-order chi connectivity index (χ0) is 22.4. The highest BCUT2D eigenvalue weighted by atomic mass is 16.5. The number of carbonyl (C=O) groups is 3. The van der Waals surface area contributed by atoms with Crippen LogP contribution in [0.1, 0.15) is 63.1 Å². The minimum atomic E-state index is -0.568. The average molecular weight is 414 g/mol. The van der Waals surface area contributed by atoms with Gasteiger partial charge in [-0.25, -0.2) is 4.79 Å². The second kappa shape index (κ2) is 10.2. The number of aromatic amines is 1. The van der Waals surface area contributed by atoms with E-state index in [9.17, 15) is 14.4 Å². The van der Waals surface area contributed by atoms with E-state index in [1.54, 1.807) is 6.92 Å². The second-order valence-electron chi connectivity index (χ2n) is 7.58. The number of Topliss-reactive ketones (excluding diaryl/α,β-unsaturated/α-hetero) is 1. The fraction of sp³-hybridized carbons (Fsp3) is 0.435. The van der Waals surface area contributed by atoms with Gasteiger partial charge in [-0.3, -0.25) is 9.59 Å². The number of hydrogen-bond acceptors (Lipinski definition) is 5. The van der Waals surface area contributed by atoms with E-state index in [1.807, 2.05) is 19.0 Å². The van der Waals surface area contributed by atoms with Crippen LogP contribution >= 0.6 is 0 Å². The molecule has 0 aliphatic rings. The lowest BCUT2D eigenvalue weighted by Crippen LogP contribution is -2.35. The maximum absolute atomic E-state index is 12.6. The highest BCUT2D eigenvalue weighted by molar-refractivity contribution is 6.01. The molecule has 1 amide bonds. The SMILES string of the molecule is CCc1ccc(C(CNC(=O)Cc2[nH]c(C(C)=O)c(C)c2C(=O)OC)N(C)C)cc1. The topological polar surface area (TPSA) is 91.5 Å². The number of ether oxygens (including phenoxy) is 1. The van der Waals surface area contributed by atoms with Gasteiger partial charge in [-0.1, -0.05) is 31.2 Å². The first-order chi connectivity index (χ1) is 14.2. The van der Waals surface area contributed by atoms with Crippen molar-refractivity contribution in [1.82, 2.24) is 15.2 Å². The van der Waals surface area contributed by atoms with Crippen molar-refractivity contribution in [2.45, 2.75) is 39.7 Å². The van der Waals surface area contributed by atoms with Gasteiger partial charge in [0.25, 0.3) is 0 Å². The molecule has 0 saturated carbocycles. The number of methoxy groups -OCH3 is 1. The lowest BCUT2D eigenvalue weighted by Gasteiger charge is -2.25. The maximum atomic E-state index is 12.6. The Balaban J connectivity index is 2.15. The number of ketones is 1. The summed E-state index contributed by atoms with van der Waals surface area (Å²) >= 11 is 0. The number of aryl methyl sites for hydroxylation is 1. The first-order valence-corrected chi connectivity index (χ1v) is 10.0. The molecule has 7 heteroatoms. The lowest BCUT2D eigenvalue weighted by atomic mass is 10.0. The number of nitrogens with zero attached hydrogens (tertiary/aromatic N) is 1. The number of likely N-dealkylation sites (N-methyl/N-ethyl adjacent to an activating group) is 1. The number of nitrogens with one attached hydrogen (secondary N) is 2. The Morgan fingerprint density at radius 2 is 1.80 bits per heavy atom. The average Bonchev–Trinajstić information content (AvgIpc) is 3.03. The zero-order valence-corrected chi connectivity index (χ0v) is 18.6. The third-order valence-electron chi connectivity index (χ3n) is 5.30. The summed E-state index contributed by atoms with van der Waals surface area (Å²) in [5, 5.41) is 2.94. The summed E-state index contributed by atoms with van der Waals surface area (Å²) in [6, 6.07) is 8.37. The summed E-state index contributed by atoms with van der Waals surface area (Å²) in [5.41, 5.74) is 3.83. The van der Waals surface area contributed by atoms with Crippen LogP contribution in [0.15, 0.2) is 24.3 Å². The van der Waals surface area contributed by atoms with E-state index in [2.05, 4.69) is 41.5 Å². The number of rotatable bonds is 9. The van der Waals surface area contributed by atoms with Crippen LogP contribution in [-0.4, -0.2) is 55.3 Å². The van der Waals surface area contributed by atoms with Crippen LogP contribution in [0.3, 0.4) is 0 Å². The largest absolute Gasteiger partial charge is 0.465 e. The summed E-state index contributed by atoms with van der Waals surface area (Å²) in [6.07, 6.45) is 0.928. The Morgan fingerprint density at radius 3 is 2.30 bits per heavy atom. The molecule has 0 aliphatic heterocycles. The van der Waals surface area contributed by atoms with Crippen molar-refractivity contribution < 1.29 is 19.1 Å². The Morgan fingerprint density at radius 1 is 1.17 bits per heavy atom. The zero-order valence-electron chi connectivity index (χ0n) is 18.6. The van der Waals surface area contributed by atoms with E-state index in [1.165, 1.54) is 19.6 Å². The van der Waals surface area contributed by atoms with Crippen LogP contribution < -0.4 is 5.32 Å². The molecule has 2 aromatic rings. The van der Waals surface area contributed by atoms with Crippen molar-refractivity contribution in [3.05, 3.63) is 57.9 Å². The first kappa shape index (κ1) is 23.3. The number of aromatic nitrogens is 1. The molecule has 0 fully saturated rings. The van der Waals surface area contributed by atoms with Crippen LogP contribution in [0.25, 0.3) is 0 Å². The van der Waals surface area contributed by atoms with Gasteiger partial charge < -0.3 is 19.9 Å². The summed E-state index contributed by atoms with van der Waals surface area (Å²) in [7, 11) is 5.21. The molecule has 0 radical (unpaired) electrons. The summed E-state index contributed by atoms with van der Waals surface area (Å²) < 4.78 is 4.83. The molecule has 1 aromatic heterocycles. The number of esters is 1. The van der Waals surface area contributed by atoms with Crippen LogP contribution in [0.4, 0.5) is 0 Å². The Labute approximate surface area is 177 Å². The third-order valence-corrected chi connectivity index (χ3v) is 5.30. The van der Waals surface area contributed by atoms with Gasteiger partial charge in [0, 0.05) is 19.2 Å². The fourth-order valence-corrected chi connectivity index (χ4v) is 3.53. The van der Waals surface area contributed by atoms with Crippen molar-refractivity contribution in [3.63, 3.8) is 0 Å². The molecule has 1 atom stereocenters. The lowest BCUT2D eigenvalue weighted by molar-refractivity contribution is -0.120. The molecule has 0 saturated heterocycles. The first-order valence-electron chi connectivity index (χ1n) is 10.0. The highest BCUT2D eigenvalue weighted by Crippen LogP contribution is 2.21. The molecule has 162 valence electrons. The molecule has 0 bridgehead atoms. The van der Waals surface area contributed by atoms with E-state index < -0.39 is 5.97 Å². The van der Waals surface area contributed by atoms with Crippen molar-refractivity contribution in [2.75, 3.05) is 27.7 Å². The van der Waals surface area contributed by atoms with Crippen molar-refractivity contribution in [2.24, 2.45) is 0 Å². The molecule has 1 heterocycles. The molecule has 7 nitrogen and oxygen atoms in total. The summed E-state index contributed by atoms with van der Waals surface area (Å²) in [6.45, 7) is 5.61. The van der Waals surface area contributed by atoms with Gasteiger partial charge in [0.05, 0.1) is 30.8 Å². The quantitative estimate of drug-likeness (QED) is 0.487. The van der Waals surface area contributed by atoms with Gasteiger partial charge >= 0.3 is 5.97 Å². The molecule has 1 unspecified atom stereocenters. The third kappa shape index (κ3) is 5.36. The van der Waals surface area contributed by atoms with Gasteiger partial charge in [0.2, 0.25) is 5.91 Å². The number of H-pyrrole nitrogens is 1. The molecule has 1 aromatic carbocycles. The van der Waals surface area contributed by atoms with Gasteiger partial charge in [-0.2, -0.15) is 0 Å². The number of hydrogen-bond donors (Lipinski definition) is 2. The van der Waals surface area contributed by atoms with Crippen LogP contribution in [0.5, 0.6) is 0 Å². The normalized spacial score (nSPS) is 12.0. The van der Waals surface area contributed by atoms with Crippen LogP contribution in [-0.2, 0) is 22.4 Å². The molecular weight excluding hydrogens is 382 g/mol. The minimum Gasteiger partial charge on any atom is -0.465 e. The second-order valence-corrected chi connectivity index (χ2v) is 7.58. The summed E-state index contributed by atoms with van der Waals surface area (Å²) in [5.74, 6) is -1.01. The van der Waals surface area contributed by atoms with Crippen molar-refractivity contribution in [3.8, 4) is 0 Å². The van der Waals surface area contributed by atoms with Gasteiger partial charge in [-0.15, -0.1) is 0 Å². The molecule has 0 aliphatic carbocycles. The monoisotopic (exact) mass is 413 g/mol. The van der Waals surface area contributed by atoms with E-state index in [-0.39, 0.29) is 29.7 Å². The van der Waals surface area contributed by atoms with Gasteiger partial charge in [-0.05, 0) is 44.1 Å². The molecule has 2 rings (SSSR count). The predicted octanol–water partition coefficient (Wildman–Crippen LogP) is 2.84. The fourth-order valence-electron chi connectivity index (χ4n) is 3.53. The van der Waals surface area contributed by atoms with E-state index in [0.29, 0.717) is 23.5 Å². The standard InChI is InChI=1S/C23H31N3O4/c1-7-16-8-10-17(11-9-16)19(26(4)5)13-24-20(28)12-18-21(23(29)30-6)14(2)22(25-18)15(3)27/h8-11,19,25H,7,12-13H2,1-6H3,(H,24,28). The molecular formula is C23H31N3O4. The Bertz CT molecular complexity index is 913. The van der Waals surface area contributed by atoms with Crippen LogP contribution in [0, 0.1) is 6.92 Å². The number of amides is 1. The van der Waals surface area contributed by atoms with Crippen molar-refractivity contribution >= 4 is 17.7 Å². The van der Waals surface area contributed by atoms with Gasteiger partial charge in [0.1, 0.15) is 0 Å². The van der Waals surface area contributed by atoms with E-state index >= 15 is 0 Å². The smallest absolute Gasteiger partial charge is 0.339 e.